The number of rotatable bonds is 8. The average Bonchev–Trinajstić information content (AvgIpc) is 3.29. The molecule has 0 aliphatic rings. The molecule has 0 amide bonds. The number of esters is 1. The minimum atomic E-state index is -4.84. The van der Waals surface area contributed by atoms with E-state index in [1.54, 1.807) is 49.6 Å². The Hall–Kier alpha value is -3.31. The summed E-state index contributed by atoms with van der Waals surface area (Å²) in [5.74, 6) is -0.862. The van der Waals surface area contributed by atoms with Crippen molar-refractivity contribution >= 4 is 44.3 Å². The van der Waals surface area contributed by atoms with Crippen LogP contribution in [0.5, 0.6) is 5.75 Å². The normalized spacial score (nSPS) is 12.6. The number of carbonyl (C=O) groups is 1. The fraction of sp³-hybridized carbons (Fsp3) is 0.240. The summed E-state index contributed by atoms with van der Waals surface area (Å²) < 4.78 is 68.9. The number of sulfone groups is 1. The number of hydrogen-bond acceptors (Lipinski definition) is 7. The molecule has 190 valence electrons. The number of nitrogens with zero attached hydrogens (tertiary/aromatic N) is 1. The van der Waals surface area contributed by atoms with E-state index < -0.39 is 40.0 Å². The third-order valence-corrected chi connectivity index (χ3v) is 7.06. The number of para-hydroxylation sites is 2. The molecule has 6 nitrogen and oxygen atoms in total. The topological polar surface area (TPSA) is 96.7 Å². The highest BCUT2D eigenvalue weighted by Crippen LogP contribution is 2.33. The van der Waals surface area contributed by atoms with Crippen molar-refractivity contribution in [2.45, 2.75) is 31.3 Å². The Labute approximate surface area is 210 Å². The van der Waals surface area contributed by atoms with E-state index in [0.717, 1.165) is 17.6 Å². The van der Waals surface area contributed by atoms with Crippen LogP contribution in [0.1, 0.15) is 25.1 Å². The second-order valence-corrected chi connectivity index (χ2v) is 11.2. The summed E-state index contributed by atoms with van der Waals surface area (Å²) in [4.78, 5) is 16.9. The monoisotopic (exact) mass is 536 g/mol. The Balaban J connectivity index is 2.07. The molecule has 11 heteroatoms. The predicted octanol–water partition coefficient (Wildman–Crippen LogP) is 6.47. The van der Waals surface area contributed by atoms with Gasteiger partial charge in [0.15, 0.2) is 15.6 Å². The van der Waals surface area contributed by atoms with Crippen molar-refractivity contribution in [2.24, 2.45) is 10.9 Å². The molecule has 36 heavy (non-hydrogen) atoms. The molecule has 0 saturated carbocycles. The molecule has 1 N–H and O–H groups in total. The highest BCUT2D eigenvalue weighted by molar-refractivity contribution is 7.90. The molecule has 0 unspecified atom stereocenters. The van der Waals surface area contributed by atoms with Gasteiger partial charge in [-0.25, -0.2) is 13.4 Å². The van der Waals surface area contributed by atoms with Gasteiger partial charge in [-0.05, 0) is 46.8 Å². The number of benzene rings is 2. The van der Waals surface area contributed by atoms with E-state index in [-0.39, 0.29) is 22.0 Å². The minimum absolute atomic E-state index is 0.0408. The van der Waals surface area contributed by atoms with Gasteiger partial charge >= 0.3 is 12.1 Å². The van der Waals surface area contributed by atoms with Crippen LogP contribution < -0.4 is 4.74 Å². The molecule has 0 radical (unpaired) electrons. The summed E-state index contributed by atoms with van der Waals surface area (Å²) in [5, 5.41) is 9.20. The second-order valence-electron chi connectivity index (χ2n) is 8.25. The Morgan fingerprint density at radius 3 is 2.42 bits per heavy atom. The lowest BCUT2D eigenvalue weighted by atomic mass is 10.1. The van der Waals surface area contributed by atoms with Gasteiger partial charge in [0, 0.05) is 17.6 Å². The van der Waals surface area contributed by atoms with Crippen LogP contribution in [0.3, 0.4) is 0 Å². The summed E-state index contributed by atoms with van der Waals surface area (Å²) in [7, 11) is -3.45. The van der Waals surface area contributed by atoms with E-state index in [2.05, 4.69) is 4.99 Å². The van der Waals surface area contributed by atoms with E-state index in [0.29, 0.717) is 16.0 Å². The van der Waals surface area contributed by atoms with Crippen LogP contribution in [0.4, 0.5) is 18.9 Å². The number of carbonyl (C=O) groups excluding carboxylic acids is 1. The number of ether oxygens (including phenoxy) is 1. The molecule has 0 aliphatic carbocycles. The van der Waals surface area contributed by atoms with Crippen molar-refractivity contribution in [2.75, 3.05) is 6.26 Å². The van der Waals surface area contributed by atoms with Gasteiger partial charge < -0.3 is 10.1 Å². The molecule has 0 aliphatic heterocycles. The number of nitrogens with one attached hydrogen (secondary N) is 1. The number of hydrogen-bond donors (Lipinski definition) is 1. The SMILES string of the molecule is CC(C)C(=O)Oc1ccccc1N=C(CC(=N)C(F)(F)F)c1cc(-c2cccc(S(C)(=O)=O)c2)cs1. The van der Waals surface area contributed by atoms with Crippen LogP contribution in [0, 0.1) is 11.3 Å². The first kappa shape index (κ1) is 27.3. The van der Waals surface area contributed by atoms with Gasteiger partial charge in [-0.2, -0.15) is 13.2 Å². The molecule has 1 heterocycles. The summed E-state index contributed by atoms with van der Waals surface area (Å²) in [6, 6.07) is 14.0. The van der Waals surface area contributed by atoms with Gasteiger partial charge in [0.25, 0.3) is 0 Å². The number of halogens is 3. The Kier molecular flexibility index (Phi) is 8.15. The Morgan fingerprint density at radius 2 is 1.78 bits per heavy atom. The van der Waals surface area contributed by atoms with Crippen molar-refractivity contribution in [3.63, 3.8) is 0 Å². The van der Waals surface area contributed by atoms with Crippen molar-refractivity contribution in [1.29, 1.82) is 5.41 Å². The van der Waals surface area contributed by atoms with E-state index in [1.165, 1.54) is 24.3 Å². The molecule has 2 aromatic carbocycles. The lowest BCUT2D eigenvalue weighted by Crippen LogP contribution is -2.24. The quantitative estimate of drug-likeness (QED) is 0.203. The molecule has 3 aromatic rings. The van der Waals surface area contributed by atoms with Crippen LogP contribution in [0.2, 0.25) is 0 Å². The molecular formula is C25H23F3N2O4S2. The van der Waals surface area contributed by atoms with Gasteiger partial charge in [-0.1, -0.05) is 38.1 Å². The molecule has 1 aromatic heterocycles. The lowest BCUT2D eigenvalue weighted by Gasteiger charge is -2.12. The van der Waals surface area contributed by atoms with Crippen LogP contribution in [-0.4, -0.2) is 38.2 Å². The largest absolute Gasteiger partial charge is 0.429 e. The zero-order valence-electron chi connectivity index (χ0n) is 19.6. The summed E-state index contributed by atoms with van der Waals surface area (Å²) in [6.07, 6.45) is -4.56. The summed E-state index contributed by atoms with van der Waals surface area (Å²) in [6.45, 7) is 3.30. The minimum Gasteiger partial charge on any atom is -0.424 e. The van der Waals surface area contributed by atoms with Crippen molar-refractivity contribution in [1.82, 2.24) is 0 Å². The maximum Gasteiger partial charge on any atom is 0.429 e. The third kappa shape index (κ3) is 6.88. The molecule has 0 fully saturated rings. The van der Waals surface area contributed by atoms with E-state index in [4.69, 9.17) is 10.1 Å². The maximum absolute atomic E-state index is 13.2. The standard InChI is InChI=1S/C25H23F3N2O4S2/c1-15(2)24(31)34-21-10-5-4-9-19(21)30-20(13-23(29)25(26,27)28)22-12-17(14-35-22)16-7-6-8-18(11-16)36(3,32)33/h4-12,14-15,29H,13H2,1-3H3. The second kappa shape index (κ2) is 10.8. The van der Waals surface area contributed by atoms with Gasteiger partial charge in [0.1, 0.15) is 11.4 Å². The summed E-state index contributed by atoms with van der Waals surface area (Å²) >= 11 is 1.11. The molecule has 0 saturated heterocycles. The first-order valence-electron chi connectivity index (χ1n) is 10.7. The molecule has 0 atom stereocenters. The van der Waals surface area contributed by atoms with Crippen molar-refractivity contribution < 1.29 is 31.1 Å². The van der Waals surface area contributed by atoms with Crippen molar-refractivity contribution in [3.05, 3.63) is 64.9 Å². The molecular weight excluding hydrogens is 513 g/mol. The van der Waals surface area contributed by atoms with E-state index >= 15 is 0 Å². The lowest BCUT2D eigenvalue weighted by molar-refractivity contribution is -0.137. The van der Waals surface area contributed by atoms with Crippen molar-refractivity contribution in [3.8, 4) is 16.9 Å². The van der Waals surface area contributed by atoms with E-state index in [1.807, 2.05) is 0 Å². The smallest absolute Gasteiger partial charge is 0.424 e. The zero-order chi connectivity index (χ0) is 26.7. The zero-order valence-corrected chi connectivity index (χ0v) is 21.2. The first-order chi connectivity index (χ1) is 16.8. The summed E-state index contributed by atoms with van der Waals surface area (Å²) in [5.41, 5.74) is -0.221. The number of aliphatic imine (C=N–C) groups is 1. The van der Waals surface area contributed by atoms with Gasteiger partial charge in [0.05, 0.1) is 16.5 Å². The fourth-order valence-corrected chi connectivity index (χ4v) is 4.58. The predicted molar refractivity (Wildman–Crippen MR) is 134 cm³/mol. The third-order valence-electron chi connectivity index (χ3n) is 4.97. The van der Waals surface area contributed by atoms with Crippen LogP contribution in [-0.2, 0) is 14.6 Å². The molecule has 3 rings (SSSR count). The Morgan fingerprint density at radius 1 is 1.08 bits per heavy atom. The van der Waals surface area contributed by atoms with Crippen LogP contribution in [0.25, 0.3) is 11.1 Å². The number of thiophene rings is 1. The highest BCUT2D eigenvalue weighted by atomic mass is 32.2. The molecule has 0 spiro atoms. The van der Waals surface area contributed by atoms with Crippen LogP contribution >= 0.6 is 11.3 Å². The molecule has 0 bridgehead atoms. The maximum atomic E-state index is 13.2. The highest BCUT2D eigenvalue weighted by Gasteiger charge is 2.35. The van der Waals surface area contributed by atoms with Crippen LogP contribution in [0.15, 0.2) is 69.9 Å². The van der Waals surface area contributed by atoms with Gasteiger partial charge in [0.2, 0.25) is 0 Å². The fourth-order valence-electron chi connectivity index (χ4n) is 3.00. The van der Waals surface area contributed by atoms with Gasteiger partial charge in [-0.3, -0.25) is 4.79 Å². The van der Waals surface area contributed by atoms with E-state index in [9.17, 15) is 26.4 Å². The first-order valence-corrected chi connectivity index (χ1v) is 13.4. The average molecular weight is 537 g/mol. The Bertz CT molecular complexity index is 1420. The van der Waals surface area contributed by atoms with Gasteiger partial charge in [-0.15, -0.1) is 11.3 Å². The number of alkyl halides is 3.